The summed E-state index contributed by atoms with van der Waals surface area (Å²) >= 11 is 1.52. The molecule has 0 saturated heterocycles. The molecule has 0 aliphatic rings. The molecule has 0 aromatic carbocycles. The molecule has 0 radical (unpaired) electrons. The number of aliphatic hydroxyl groups excluding tert-OH is 1. The summed E-state index contributed by atoms with van der Waals surface area (Å²) in [5.74, 6) is 5.87. The third kappa shape index (κ3) is 3.17. The number of nitrogens with one attached hydrogen (secondary N) is 1. The molecule has 0 saturated carbocycles. The maximum Gasteiger partial charge on any atom is 0.141 e. The molecule has 78 valence electrons. The molecule has 0 aliphatic heterocycles. The van der Waals surface area contributed by atoms with Gasteiger partial charge in [-0.1, -0.05) is 13.0 Å². The van der Waals surface area contributed by atoms with Crippen molar-refractivity contribution in [3.63, 3.8) is 0 Å². The standard InChI is InChI=1S/C9H15N3OS/c1-6(13)7(2)14-9-5-3-4-8(11-9)12-10/h3-7,13H,10H2,1-2H3,(H,11,12). The van der Waals surface area contributed by atoms with Gasteiger partial charge in [0.25, 0.3) is 0 Å². The molecular formula is C9H15N3OS. The van der Waals surface area contributed by atoms with Crippen LogP contribution in [-0.4, -0.2) is 21.4 Å². The van der Waals surface area contributed by atoms with Gasteiger partial charge in [-0.3, -0.25) is 0 Å². The second-order valence-electron chi connectivity index (χ2n) is 3.07. The number of hydrogen-bond acceptors (Lipinski definition) is 5. The first-order chi connectivity index (χ1) is 6.63. The van der Waals surface area contributed by atoms with Crippen molar-refractivity contribution >= 4 is 17.6 Å². The van der Waals surface area contributed by atoms with Gasteiger partial charge in [0, 0.05) is 5.25 Å². The fraction of sp³-hybridized carbons (Fsp3) is 0.444. The minimum absolute atomic E-state index is 0.121. The Kier molecular flexibility index (Phi) is 4.19. The van der Waals surface area contributed by atoms with E-state index in [4.69, 9.17) is 5.84 Å². The monoisotopic (exact) mass is 213 g/mol. The van der Waals surface area contributed by atoms with E-state index in [-0.39, 0.29) is 11.4 Å². The molecule has 0 spiro atoms. The molecule has 0 bridgehead atoms. The average Bonchev–Trinajstić information content (AvgIpc) is 2.18. The third-order valence-corrected chi connectivity index (χ3v) is 3.09. The van der Waals surface area contributed by atoms with Crippen molar-refractivity contribution in [3.05, 3.63) is 18.2 Å². The van der Waals surface area contributed by atoms with E-state index in [9.17, 15) is 5.11 Å². The first kappa shape index (κ1) is 11.3. The Balaban J connectivity index is 2.66. The quantitative estimate of drug-likeness (QED) is 0.398. The van der Waals surface area contributed by atoms with Crippen molar-refractivity contribution in [1.82, 2.24) is 4.98 Å². The van der Waals surface area contributed by atoms with Gasteiger partial charge in [-0.2, -0.15) is 0 Å². The number of anilines is 1. The van der Waals surface area contributed by atoms with Crippen molar-refractivity contribution in [2.24, 2.45) is 5.84 Å². The summed E-state index contributed by atoms with van der Waals surface area (Å²) in [5, 5.41) is 10.3. The fourth-order valence-corrected chi connectivity index (χ4v) is 1.74. The van der Waals surface area contributed by atoms with Gasteiger partial charge in [-0.15, -0.1) is 11.8 Å². The van der Waals surface area contributed by atoms with E-state index in [2.05, 4.69) is 10.4 Å². The number of hydrazine groups is 1. The Morgan fingerprint density at radius 3 is 2.79 bits per heavy atom. The van der Waals surface area contributed by atoms with Crippen LogP contribution in [0.15, 0.2) is 23.2 Å². The van der Waals surface area contributed by atoms with Crippen molar-refractivity contribution in [3.8, 4) is 0 Å². The topological polar surface area (TPSA) is 71.2 Å². The van der Waals surface area contributed by atoms with Crippen LogP contribution < -0.4 is 11.3 Å². The Bertz CT molecular complexity index is 293. The molecule has 1 aromatic rings. The summed E-state index contributed by atoms with van der Waals surface area (Å²) < 4.78 is 0. The summed E-state index contributed by atoms with van der Waals surface area (Å²) in [6, 6.07) is 5.56. The van der Waals surface area contributed by atoms with Gasteiger partial charge in [0.15, 0.2) is 0 Å². The van der Waals surface area contributed by atoms with E-state index in [1.807, 2.05) is 19.1 Å². The van der Waals surface area contributed by atoms with Crippen molar-refractivity contribution in [2.75, 3.05) is 5.43 Å². The summed E-state index contributed by atoms with van der Waals surface area (Å²) in [5.41, 5.74) is 2.48. The highest BCUT2D eigenvalue weighted by molar-refractivity contribution is 7.99. The SMILES string of the molecule is CC(O)C(C)Sc1cccc(NN)n1. The summed E-state index contributed by atoms with van der Waals surface area (Å²) in [6.45, 7) is 3.72. The number of nitrogen functional groups attached to an aromatic ring is 1. The van der Waals surface area contributed by atoms with E-state index >= 15 is 0 Å². The van der Waals surface area contributed by atoms with Gasteiger partial charge in [-0.05, 0) is 19.1 Å². The average molecular weight is 213 g/mol. The number of aromatic nitrogens is 1. The molecule has 1 rings (SSSR count). The molecule has 0 aliphatic carbocycles. The lowest BCUT2D eigenvalue weighted by molar-refractivity contribution is 0.196. The van der Waals surface area contributed by atoms with Crippen LogP contribution in [0, 0.1) is 0 Å². The van der Waals surface area contributed by atoms with Crippen LogP contribution in [0.3, 0.4) is 0 Å². The van der Waals surface area contributed by atoms with Crippen LogP contribution in [0.2, 0.25) is 0 Å². The van der Waals surface area contributed by atoms with Gasteiger partial charge < -0.3 is 10.5 Å². The maximum absolute atomic E-state index is 9.32. The number of pyridine rings is 1. The lowest BCUT2D eigenvalue weighted by Gasteiger charge is -2.13. The molecule has 1 heterocycles. The Morgan fingerprint density at radius 1 is 1.50 bits per heavy atom. The summed E-state index contributed by atoms with van der Waals surface area (Å²) in [4.78, 5) is 4.23. The minimum Gasteiger partial charge on any atom is -0.392 e. The van der Waals surface area contributed by atoms with Gasteiger partial charge >= 0.3 is 0 Å². The van der Waals surface area contributed by atoms with Crippen LogP contribution in [0.5, 0.6) is 0 Å². The van der Waals surface area contributed by atoms with E-state index in [1.165, 1.54) is 11.8 Å². The largest absolute Gasteiger partial charge is 0.392 e. The number of hydrogen-bond donors (Lipinski definition) is 3. The highest BCUT2D eigenvalue weighted by atomic mass is 32.2. The number of nitrogens with zero attached hydrogens (tertiary/aromatic N) is 1. The highest BCUT2D eigenvalue weighted by Gasteiger charge is 2.11. The third-order valence-electron chi connectivity index (χ3n) is 1.86. The van der Waals surface area contributed by atoms with E-state index in [0.29, 0.717) is 5.82 Å². The van der Waals surface area contributed by atoms with Crippen molar-refractivity contribution < 1.29 is 5.11 Å². The zero-order valence-electron chi connectivity index (χ0n) is 8.27. The molecule has 4 N–H and O–H groups in total. The summed E-state index contributed by atoms with van der Waals surface area (Å²) in [6.07, 6.45) is -0.351. The molecular weight excluding hydrogens is 198 g/mol. The fourth-order valence-electron chi connectivity index (χ4n) is 0.850. The number of rotatable bonds is 4. The number of thioether (sulfide) groups is 1. The van der Waals surface area contributed by atoms with Crippen LogP contribution in [-0.2, 0) is 0 Å². The number of aliphatic hydroxyl groups is 1. The number of nitrogens with two attached hydrogens (primary N) is 1. The van der Waals surface area contributed by atoms with E-state index in [0.717, 1.165) is 5.03 Å². The predicted octanol–water partition coefficient (Wildman–Crippen LogP) is 1.23. The maximum atomic E-state index is 9.32. The first-order valence-electron chi connectivity index (χ1n) is 4.42. The van der Waals surface area contributed by atoms with Gasteiger partial charge in [-0.25, -0.2) is 10.8 Å². The molecule has 2 unspecified atom stereocenters. The lowest BCUT2D eigenvalue weighted by atomic mass is 10.3. The van der Waals surface area contributed by atoms with Crippen LogP contribution in [0.4, 0.5) is 5.82 Å². The Labute approximate surface area is 87.9 Å². The lowest BCUT2D eigenvalue weighted by Crippen LogP contribution is -2.15. The molecule has 1 aromatic heterocycles. The van der Waals surface area contributed by atoms with Crippen molar-refractivity contribution in [2.45, 2.75) is 30.2 Å². The second kappa shape index (κ2) is 5.19. The molecule has 0 fully saturated rings. The molecule has 5 heteroatoms. The zero-order valence-corrected chi connectivity index (χ0v) is 9.08. The first-order valence-corrected chi connectivity index (χ1v) is 5.30. The normalized spacial score (nSPS) is 14.9. The zero-order chi connectivity index (χ0) is 10.6. The van der Waals surface area contributed by atoms with Crippen LogP contribution in [0.1, 0.15) is 13.8 Å². The Morgan fingerprint density at radius 2 is 2.21 bits per heavy atom. The highest BCUT2D eigenvalue weighted by Crippen LogP contribution is 2.24. The minimum atomic E-state index is -0.351. The Hall–Kier alpha value is -0.780. The molecule has 14 heavy (non-hydrogen) atoms. The van der Waals surface area contributed by atoms with Gasteiger partial charge in [0.05, 0.1) is 11.1 Å². The molecule has 4 nitrogen and oxygen atoms in total. The van der Waals surface area contributed by atoms with Gasteiger partial charge in [0.1, 0.15) is 5.82 Å². The molecule has 2 atom stereocenters. The predicted molar refractivity (Wildman–Crippen MR) is 59.0 cm³/mol. The summed E-state index contributed by atoms with van der Waals surface area (Å²) in [7, 11) is 0. The van der Waals surface area contributed by atoms with Gasteiger partial charge in [0.2, 0.25) is 0 Å². The van der Waals surface area contributed by atoms with Crippen LogP contribution >= 0.6 is 11.8 Å². The van der Waals surface area contributed by atoms with Crippen LogP contribution in [0.25, 0.3) is 0 Å². The van der Waals surface area contributed by atoms with Crippen molar-refractivity contribution in [1.29, 1.82) is 0 Å². The molecule has 0 amide bonds. The van der Waals surface area contributed by atoms with E-state index < -0.39 is 0 Å². The second-order valence-corrected chi connectivity index (χ2v) is 4.47. The van der Waals surface area contributed by atoms with E-state index in [1.54, 1.807) is 13.0 Å². The smallest absolute Gasteiger partial charge is 0.141 e.